The number of anilines is 3. The lowest BCUT2D eigenvalue weighted by Crippen LogP contribution is -1.99. The molecule has 2 rings (SSSR count). The Balaban J connectivity index is 2.30. The summed E-state index contributed by atoms with van der Waals surface area (Å²) in [5, 5.41) is 3.74. The van der Waals surface area contributed by atoms with Gasteiger partial charge in [0.2, 0.25) is 5.95 Å². The minimum atomic E-state index is 0.225. The standard InChI is InChI=1S/C10H8BrClN4/c11-7-2-1-6(12)5-8(7)15-9-3-4-14-10(13)16-9/h1-5H,(H3,13,14,15,16). The van der Waals surface area contributed by atoms with Crippen molar-refractivity contribution in [1.29, 1.82) is 0 Å². The predicted molar refractivity (Wildman–Crippen MR) is 68.9 cm³/mol. The highest BCUT2D eigenvalue weighted by atomic mass is 79.9. The van der Waals surface area contributed by atoms with Crippen LogP contribution in [0.1, 0.15) is 0 Å². The third-order valence-corrected chi connectivity index (χ3v) is 2.79. The Morgan fingerprint density at radius 1 is 1.31 bits per heavy atom. The van der Waals surface area contributed by atoms with E-state index in [1.807, 2.05) is 6.07 Å². The molecule has 82 valence electrons. The van der Waals surface area contributed by atoms with E-state index in [0.717, 1.165) is 10.2 Å². The van der Waals surface area contributed by atoms with Crippen molar-refractivity contribution in [1.82, 2.24) is 9.97 Å². The normalized spacial score (nSPS) is 10.1. The fraction of sp³-hybridized carbons (Fsp3) is 0. The number of nitrogens with one attached hydrogen (secondary N) is 1. The molecule has 1 heterocycles. The van der Waals surface area contributed by atoms with Gasteiger partial charge in [-0.05, 0) is 40.2 Å². The van der Waals surface area contributed by atoms with E-state index >= 15 is 0 Å². The Labute approximate surface area is 106 Å². The molecule has 0 aliphatic carbocycles. The van der Waals surface area contributed by atoms with Crippen LogP contribution in [0.15, 0.2) is 34.9 Å². The highest BCUT2D eigenvalue weighted by molar-refractivity contribution is 9.10. The fourth-order valence-corrected chi connectivity index (χ4v) is 1.69. The molecule has 3 N–H and O–H groups in total. The number of aromatic nitrogens is 2. The van der Waals surface area contributed by atoms with E-state index < -0.39 is 0 Å². The summed E-state index contributed by atoms with van der Waals surface area (Å²) in [7, 11) is 0. The zero-order chi connectivity index (χ0) is 11.5. The van der Waals surface area contributed by atoms with Crippen molar-refractivity contribution in [2.45, 2.75) is 0 Å². The van der Waals surface area contributed by atoms with Crippen molar-refractivity contribution in [3.63, 3.8) is 0 Å². The third-order valence-electron chi connectivity index (χ3n) is 1.87. The third kappa shape index (κ3) is 2.62. The van der Waals surface area contributed by atoms with Gasteiger partial charge in [-0.1, -0.05) is 11.6 Å². The van der Waals surface area contributed by atoms with E-state index in [0.29, 0.717) is 10.8 Å². The number of nitrogen functional groups attached to an aromatic ring is 1. The van der Waals surface area contributed by atoms with E-state index in [1.165, 1.54) is 0 Å². The van der Waals surface area contributed by atoms with Crippen LogP contribution in [0.4, 0.5) is 17.5 Å². The minimum Gasteiger partial charge on any atom is -0.368 e. The second-order valence-electron chi connectivity index (χ2n) is 3.05. The van der Waals surface area contributed by atoms with Crippen LogP contribution in [0, 0.1) is 0 Å². The van der Waals surface area contributed by atoms with E-state index in [4.69, 9.17) is 17.3 Å². The predicted octanol–water partition coefficient (Wildman–Crippen LogP) is 3.22. The molecule has 0 aliphatic heterocycles. The molecule has 0 bridgehead atoms. The maximum Gasteiger partial charge on any atom is 0.221 e. The lowest BCUT2D eigenvalue weighted by molar-refractivity contribution is 1.18. The van der Waals surface area contributed by atoms with Crippen LogP contribution in [-0.2, 0) is 0 Å². The molecule has 0 saturated carbocycles. The monoisotopic (exact) mass is 298 g/mol. The van der Waals surface area contributed by atoms with Crippen LogP contribution >= 0.6 is 27.5 Å². The number of hydrogen-bond acceptors (Lipinski definition) is 4. The molecule has 0 amide bonds. The highest BCUT2D eigenvalue weighted by Gasteiger charge is 2.02. The highest BCUT2D eigenvalue weighted by Crippen LogP contribution is 2.28. The second-order valence-corrected chi connectivity index (χ2v) is 4.34. The van der Waals surface area contributed by atoms with Crippen LogP contribution in [0.2, 0.25) is 5.02 Å². The lowest BCUT2D eigenvalue weighted by atomic mass is 10.3. The molecule has 0 fully saturated rings. The summed E-state index contributed by atoms with van der Waals surface area (Å²) in [6, 6.07) is 7.17. The van der Waals surface area contributed by atoms with Crippen molar-refractivity contribution in [3.8, 4) is 0 Å². The molecule has 1 aromatic heterocycles. The van der Waals surface area contributed by atoms with E-state index in [2.05, 4.69) is 31.2 Å². The summed E-state index contributed by atoms with van der Waals surface area (Å²) in [5.74, 6) is 0.846. The van der Waals surface area contributed by atoms with Gasteiger partial charge in [-0.25, -0.2) is 4.98 Å². The van der Waals surface area contributed by atoms with Crippen molar-refractivity contribution in [2.24, 2.45) is 0 Å². The molecule has 4 nitrogen and oxygen atoms in total. The molecule has 16 heavy (non-hydrogen) atoms. The van der Waals surface area contributed by atoms with Gasteiger partial charge in [0, 0.05) is 15.7 Å². The van der Waals surface area contributed by atoms with Gasteiger partial charge in [0.1, 0.15) is 5.82 Å². The Kier molecular flexibility index (Phi) is 3.26. The number of rotatable bonds is 2. The topological polar surface area (TPSA) is 63.8 Å². The zero-order valence-electron chi connectivity index (χ0n) is 8.11. The number of nitrogens with two attached hydrogens (primary N) is 1. The Morgan fingerprint density at radius 2 is 2.12 bits per heavy atom. The summed E-state index contributed by atoms with van der Waals surface area (Å²) in [5.41, 5.74) is 6.30. The maximum atomic E-state index is 5.90. The Hall–Kier alpha value is -1.33. The fourth-order valence-electron chi connectivity index (χ4n) is 1.17. The van der Waals surface area contributed by atoms with Crippen molar-refractivity contribution in [2.75, 3.05) is 11.1 Å². The Morgan fingerprint density at radius 3 is 2.88 bits per heavy atom. The van der Waals surface area contributed by atoms with Crippen LogP contribution in [0.25, 0.3) is 0 Å². The first-order valence-electron chi connectivity index (χ1n) is 4.46. The maximum absolute atomic E-state index is 5.90. The Bertz CT molecular complexity index is 518. The molecule has 0 atom stereocenters. The number of hydrogen-bond donors (Lipinski definition) is 2. The average Bonchev–Trinajstić information content (AvgIpc) is 2.24. The van der Waals surface area contributed by atoms with Gasteiger partial charge in [-0.2, -0.15) is 4.98 Å². The average molecular weight is 300 g/mol. The summed E-state index contributed by atoms with van der Waals surface area (Å²) in [4.78, 5) is 7.84. The van der Waals surface area contributed by atoms with Crippen LogP contribution < -0.4 is 11.1 Å². The smallest absolute Gasteiger partial charge is 0.221 e. The van der Waals surface area contributed by atoms with Gasteiger partial charge in [-0.15, -0.1) is 0 Å². The lowest BCUT2D eigenvalue weighted by Gasteiger charge is -2.08. The van der Waals surface area contributed by atoms with Crippen LogP contribution in [0.3, 0.4) is 0 Å². The molecule has 0 unspecified atom stereocenters. The number of halogens is 2. The summed E-state index contributed by atoms with van der Waals surface area (Å²) in [6.07, 6.45) is 1.59. The van der Waals surface area contributed by atoms with Gasteiger partial charge >= 0.3 is 0 Å². The first-order valence-corrected chi connectivity index (χ1v) is 5.63. The molecular formula is C10H8BrClN4. The summed E-state index contributed by atoms with van der Waals surface area (Å²) < 4.78 is 0.897. The van der Waals surface area contributed by atoms with Gasteiger partial charge in [-0.3, -0.25) is 0 Å². The molecule has 1 aromatic carbocycles. The van der Waals surface area contributed by atoms with Gasteiger partial charge in [0.25, 0.3) is 0 Å². The second kappa shape index (κ2) is 4.67. The van der Waals surface area contributed by atoms with Crippen molar-refractivity contribution < 1.29 is 0 Å². The van der Waals surface area contributed by atoms with Crippen LogP contribution in [-0.4, -0.2) is 9.97 Å². The largest absolute Gasteiger partial charge is 0.368 e. The SMILES string of the molecule is Nc1nccc(Nc2cc(Cl)ccc2Br)n1. The number of benzene rings is 1. The zero-order valence-corrected chi connectivity index (χ0v) is 10.5. The number of nitrogens with zero attached hydrogens (tertiary/aromatic N) is 2. The summed E-state index contributed by atoms with van der Waals surface area (Å²) in [6.45, 7) is 0. The molecule has 6 heteroatoms. The van der Waals surface area contributed by atoms with Crippen molar-refractivity contribution in [3.05, 3.63) is 40.0 Å². The van der Waals surface area contributed by atoms with Gasteiger partial charge < -0.3 is 11.1 Å². The van der Waals surface area contributed by atoms with E-state index in [-0.39, 0.29) is 5.95 Å². The molecule has 0 spiro atoms. The van der Waals surface area contributed by atoms with Crippen molar-refractivity contribution >= 4 is 45.0 Å². The molecule has 0 radical (unpaired) electrons. The summed E-state index contributed by atoms with van der Waals surface area (Å²) >= 11 is 9.31. The minimum absolute atomic E-state index is 0.225. The molecule has 0 saturated heterocycles. The van der Waals surface area contributed by atoms with Gasteiger partial charge in [0.05, 0.1) is 5.69 Å². The first kappa shape index (κ1) is 11.2. The van der Waals surface area contributed by atoms with Gasteiger partial charge in [0.15, 0.2) is 0 Å². The molecule has 0 aliphatic rings. The first-order chi connectivity index (χ1) is 7.65. The van der Waals surface area contributed by atoms with E-state index in [1.54, 1.807) is 24.4 Å². The molecule has 2 aromatic rings. The van der Waals surface area contributed by atoms with Crippen LogP contribution in [0.5, 0.6) is 0 Å². The van der Waals surface area contributed by atoms with E-state index in [9.17, 15) is 0 Å². The quantitative estimate of drug-likeness (QED) is 0.893. The molecular weight excluding hydrogens is 291 g/mol.